The molecule has 0 bridgehead atoms. The van der Waals surface area contributed by atoms with E-state index in [0.29, 0.717) is 6.61 Å². The molecule has 1 unspecified atom stereocenters. The Morgan fingerprint density at radius 2 is 1.83 bits per heavy atom. The molecule has 0 spiro atoms. The molecule has 4 heteroatoms. The largest absolute Gasteiger partial charge is 0.374 e. The summed E-state index contributed by atoms with van der Waals surface area (Å²) in [4.78, 5) is 13.5. The van der Waals surface area contributed by atoms with Gasteiger partial charge in [0.05, 0.1) is 12.7 Å². The van der Waals surface area contributed by atoms with Crippen molar-refractivity contribution in [3.8, 4) is 0 Å². The highest BCUT2D eigenvalue weighted by Gasteiger charge is 2.13. The number of thioether (sulfide) groups is 1. The van der Waals surface area contributed by atoms with Crippen molar-refractivity contribution < 1.29 is 9.53 Å². The summed E-state index contributed by atoms with van der Waals surface area (Å²) in [6.07, 6.45) is 0.193. The molecule has 128 valence electrons. The minimum Gasteiger partial charge on any atom is -0.374 e. The number of ether oxygens (including phenoxy) is 1. The Labute approximate surface area is 148 Å². The second-order valence-corrected chi connectivity index (χ2v) is 7.17. The fourth-order valence-electron chi connectivity index (χ4n) is 2.08. The molecule has 24 heavy (non-hydrogen) atoms. The van der Waals surface area contributed by atoms with Gasteiger partial charge in [0.15, 0.2) is 0 Å². The Kier molecular flexibility index (Phi) is 7.35. The van der Waals surface area contributed by atoms with Crippen molar-refractivity contribution in [2.45, 2.75) is 38.4 Å². The van der Waals surface area contributed by atoms with Gasteiger partial charge in [-0.25, -0.2) is 0 Å². The highest BCUT2D eigenvalue weighted by Crippen LogP contribution is 2.21. The standard InChI is InChI=1S/C20H25NO2S/c1-15(2)23-13-17-8-7-9-18(12-17)21-20(22)16(3)14-24-19-10-5-4-6-11-19/h4-12,15-16H,13-14H2,1-3H3,(H,21,22). The number of hydrogen-bond acceptors (Lipinski definition) is 3. The molecule has 0 saturated carbocycles. The second-order valence-electron chi connectivity index (χ2n) is 6.07. The highest BCUT2D eigenvalue weighted by atomic mass is 32.2. The normalized spacial score (nSPS) is 12.2. The molecule has 2 aromatic carbocycles. The lowest BCUT2D eigenvalue weighted by Crippen LogP contribution is -2.22. The summed E-state index contributed by atoms with van der Waals surface area (Å²) in [6, 6.07) is 18.0. The monoisotopic (exact) mass is 343 g/mol. The molecule has 0 saturated heterocycles. The molecular weight excluding hydrogens is 318 g/mol. The quantitative estimate of drug-likeness (QED) is 0.687. The summed E-state index contributed by atoms with van der Waals surface area (Å²) in [5, 5.41) is 3.00. The van der Waals surface area contributed by atoms with E-state index in [2.05, 4.69) is 17.4 Å². The van der Waals surface area contributed by atoms with Crippen LogP contribution in [0.3, 0.4) is 0 Å². The number of hydrogen-bond donors (Lipinski definition) is 1. The summed E-state index contributed by atoms with van der Waals surface area (Å²) < 4.78 is 5.61. The molecule has 0 fully saturated rings. The summed E-state index contributed by atoms with van der Waals surface area (Å²) in [6.45, 7) is 6.53. The van der Waals surface area contributed by atoms with Crippen molar-refractivity contribution in [3.05, 3.63) is 60.2 Å². The van der Waals surface area contributed by atoms with E-state index < -0.39 is 0 Å². The molecule has 1 atom stereocenters. The van der Waals surface area contributed by atoms with Crippen molar-refractivity contribution in [1.29, 1.82) is 0 Å². The fourth-order valence-corrected chi connectivity index (χ4v) is 3.02. The molecule has 1 amide bonds. The van der Waals surface area contributed by atoms with E-state index in [1.165, 1.54) is 4.90 Å². The van der Waals surface area contributed by atoms with Crippen LogP contribution in [0.4, 0.5) is 5.69 Å². The van der Waals surface area contributed by atoms with Gasteiger partial charge < -0.3 is 10.1 Å². The second kappa shape index (κ2) is 9.50. The molecule has 3 nitrogen and oxygen atoms in total. The molecule has 0 aliphatic carbocycles. The van der Waals surface area contributed by atoms with Crippen LogP contribution in [0.1, 0.15) is 26.3 Å². The van der Waals surface area contributed by atoms with Gasteiger partial charge in [-0.1, -0.05) is 37.3 Å². The first kappa shape index (κ1) is 18.6. The predicted octanol–water partition coefficient (Wildman–Crippen LogP) is 4.98. The number of benzene rings is 2. The smallest absolute Gasteiger partial charge is 0.228 e. The third kappa shape index (κ3) is 6.38. The zero-order valence-electron chi connectivity index (χ0n) is 14.5. The first-order chi connectivity index (χ1) is 11.5. The summed E-state index contributed by atoms with van der Waals surface area (Å²) >= 11 is 1.70. The van der Waals surface area contributed by atoms with Crippen LogP contribution >= 0.6 is 11.8 Å². The van der Waals surface area contributed by atoms with Gasteiger partial charge in [0.25, 0.3) is 0 Å². The number of nitrogens with one attached hydrogen (secondary N) is 1. The molecule has 0 radical (unpaired) electrons. The van der Waals surface area contributed by atoms with E-state index in [0.717, 1.165) is 17.0 Å². The zero-order valence-corrected chi connectivity index (χ0v) is 15.3. The van der Waals surface area contributed by atoms with E-state index in [9.17, 15) is 4.79 Å². The molecule has 1 N–H and O–H groups in total. The van der Waals surface area contributed by atoms with Gasteiger partial charge in [-0.2, -0.15) is 0 Å². The summed E-state index contributed by atoms with van der Waals surface area (Å²) in [5.74, 6) is 0.734. The van der Waals surface area contributed by atoms with Crippen LogP contribution in [-0.4, -0.2) is 17.8 Å². The van der Waals surface area contributed by atoms with E-state index >= 15 is 0 Å². The lowest BCUT2D eigenvalue weighted by atomic mass is 10.1. The molecule has 0 aliphatic heterocycles. The van der Waals surface area contributed by atoms with Crippen LogP contribution in [0.25, 0.3) is 0 Å². The Bertz CT molecular complexity index is 643. The minimum atomic E-state index is -0.0641. The third-order valence-electron chi connectivity index (χ3n) is 3.47. The van der Waals surface area contributed by atoms with Crippen LogP contribution in [0, 0.1) is 5.92 Å². The number of amides is 1. The van der Waals surface area contributed by atoms with Gasteiger partial charge in [0.2, 0.25) is 5.91 Å². The highest BCUT2D eigenvalue weighted by molar-refractivity contribution is 7.99. The van der Waals surface area contributed by atoms with Gasteiger partial charge in [0, 0.05) is 22.3 Å². The van der Waals surface area contributed by atoms with E-state index in [-0.39, 0.29) is 17.9 Å². The van der Waals surface area contributed by atoms with Gasteiger partial charge >= 0.3 is 0 Å². The predicted molar refractivity (Wildman–Crippen MR) is 101 cm³/mol. The van der Waals surface area contributed by atoms with Crippen LogP contribution in [0.2, 0.25) is 0 Å². The van der Waals surface area contributed by atoms with Gasteiger partial charge in [-0.05, 0) is 43.7 Å². The van der Waals surface area contributed by atoms with Crippen LogP contribution in [0.15, 0.2) is 59.5 Å². The average Bonchev–Trinajstić information content (AvgIpc) is 2.59. The maximum absolute atomic E-state index is 12.4. The maximum atomic E-state index is 12.4. The zero-order chi connectivity index (χ0) is 17.4. The molecular formula is C20H25NO2S. The minimum absolute atomic E-state index is 0.0420. The summed E-state index contributed by atoms with van der Waals surface area (Å²) in [5.41, 5.74) is 1.88. The molecule has 2 rings (SSSR count). The van der Waals surface area contributed by atoms with Crippen molar-refractivity contribution in [1.82, 2.24) is 0 Å². The Morgan fingerprint density at radius 1 is 1.08 bits per heavy atom. The maximum Gasteiger partial charge on any atom is 0.228 e. The molecule has 0 heterocycles. The van der Waals surface area contributed by atoms with Crippen LogP contribution < -0.4 is 5.32 Å². The van der Waals surface area contributed by atoms with Crippen molar-refractivity contribution >= 4 is 23.4 Å². The number of rotatable bonds is 8. The fraction of sp³-hybridized carbons (Fsp3) is 0.350. The van der Waals surface area contributed by atoms with Crippen LogP contribution in [-0.2, 0) is 16.1 Å². The Balaban J connectivity index is 1.85. The Hall–Kier alpha value is -1.78. The molecule has 0 aromatic heterocycles. The number of anilines is 1. The van der Waals surface area contributed by atoms with Crippen molar-refractivity contribution in [2.24, 2.45) is 5.92 Å². The van der Waals surface area contributed by atoms with E-state index in [4.69, 9.17) is 4.74 Å². The lowest BCUT2D eigenvalue weighted by Gasteiger charge is -2.13. The number of carbonyl (C=O) groups is 1. The average molecular weight is 343 g/mol. The van der Waals surface area contributed by atoms with Crippen LogP contribution in [0.5, 0.6) is 0 Å². The SMILES string of the molecule is CC(C)OCc1cccc(NC(=O)C(C)CSc2ccccc2)c1. The first-order valence-electron chi connectivity index (χ1n) is 8.24. The van der Waals surface area contributed by atoms with E-state index in [1.807, 2.05) is 63.2 Å². The molecule has 0 aliphatic rings. The third-order valence-corrected chi connectivity index (χ3v) is 4.74. The first-order valence-corrected chi connectivity index (χ1v) is 9.22. The molecule has 2 aromatic rings. The lowest BCUT2D eigenvalue weighted by molar-refractivity contribution is -0.118. The topological polar surface area (TPSA) is 38.3 Å². The van der Waals surface area contributed by atoms with Crippen molar-refractivity contribution in [3.63, 3.8) is 0 Å². The Morgan fingerprint density at radius 3 is 2.54 bits per heavy atom. The van der Waals surface area contributed by atoms with Gasteiger partial charge in [0.1, 0.15) is 0 Å². The van der Waals surface area contributed by atoms with Gasteiger partial charge in [-0.3, -0.25) is 4.79 Å². The van der Waals surface area contributed by atoms with Gasteiger partial charge in [-0.15, -0.1) is 11.8 Å². The number of carbonyl (C=O) groups excluding carboxylic acids is 1. The van der Waals surface area contributed by atoms with E-state index in [1.54, 1.807) is 11.8 Å². The van der Waals surface area contributed by atoms with Crippen molar-refractivity contribution in [2.75, 3.05) is 11.1 Å². The summed E-state index contributed by atoms with van der Waals surface area (Å²) in [7, 11) is 0.